The highest BCUT2D eigenvalue weighted by molar-refractivity contribution is 7.10. The Bertz CT molecular complexity index is 692. The Morgan fingerprint density at radius 2 is 2.22 bits per heavy atom. The van der Waals surface area contributed by atoms with Gasteiger partial charge in [-0.15, -0.1) is 11.3 Å². The summed E-state index contributed by atoms with van der Waals surface area (Å²) >= 11 is 1.74. The first-order valence-corrected chi connectivity index (χ1v) is 9.06. The van der Waals surface area contributed by atoms with E-state index in [-0.39, 0.29) is 5.91 Å². The van der Waals surface area contributed by atoms with Crippen molar-refractivity contribution in [3.05, 3.63) is 51.2 Å². The van der Waals surface area contributed by atoms with Gasteiger partial charge in [0.1, 0.15) is 5.75 Å². The topological polar surface area (TPSA) is 38.3 Å². The number of ether oxygens (including phenoxy) is 1. The van der Waals surface area contributed by atoms with Crippen LogP contribution in [0.25, 0.3) is 0 Å². The van der Waals surface area contributed by atoms with Gasteiger partial charge in [-0.2, -0.15) is 0 Å². The Balaban J connectivity index is 1.60. The third-order valence-electron chi connectivity index (χ3n) is 4.52. The molecule has 4 heteroatoms. The minimum Gasteiger partial charge on any atom is -0.496 e. The summed E-state index contributed by atoms with van der Waals surface area (Å²) in [4.78, 5) is 13.9. The fourth-order valence-electron chi connectivity index (χ4n) is 3.18. The van der Waals surface area contributed by atoms with Crippen molar-refractivity contribution in [2.75, 3.05) is 13.7 Å². The minimum absolute atomic E-state index is 0.0620. The smallest absolute Gasteiger partial charge is 0.252 e. The summed E-state index contributed by atoms with van der Waals surface area (Å²) in [5, 5.41) is 5.09. The normalized spacial score (nSPS) is 16.7. The lowest BCUT2D eigenvalue weighted by molar-refractivity contribution is 0.0953. The van der Waals surface area contributed by atoms with Crippen molar-refractivity contribution in [2.24, 2.45) is 5.92 Å². The molecule has 1 atom stereocenters. The Morgan fingerprint density at radius 3 is 3.04 bits per heavy atom. The average molecular weight is 329 g/mol. The highest BCUT2D eigenvalue weighted by atomic mass is 32.1. The first kappa shape index (κ1) is 16.1. The standard InChI is InChI=1S/C19H23NO2S/c1-13-7-8-15-16(12-23-18(15)11-13)19(21)20-10-9-14-5-3-4-6-17(14)22-2/h3-6,12-13H,7-11H2,1-2H3,(H,20,21). The second-order valence-electron chi connectivity index (χ2n) is 6.22. The second-order valence-corrected chi connectivity index (χ2v) is 7.18. The molecule has 1 heterocycles. The number of benzene rings is 1. The molecule has 1 aliphatic rings. The predicted molar refractivity (Wildman–Crippen MR) is 94.5 cm³/mol. The van der Waals surface area contributed by atoms with Gasteiger partial charge in [-0.05, 0) is 48.8 Å². The van der Waals surface area contributed by atoms with Gasteiger partial charge in [0.25, 0.3) is 5.91 Å². The van der Waals surface area contributed by atoms with Crippen molar-refractivity contribution in [1.82, 2.24) is 5.32 Å². The Morgan fingerprint density at radius 1 is 1.39 bits per heavy atom. The Kier molecular flexibility index (Phi) is 5.01. The molecule has 0 bridgehead atoms. The maximum absolute atomic E-state index is 12.5. The van der Waals surface area contributed by atoms with Crippen LogP contribution in [0.2, 0.25) is 0 Å². The van der Waals surface area contributed by atoms with Crippen molar-refractivity contribution < 1.29 is 9.53 Å². The SMILES string of the molecule is COc1ccccc1CCNC(=O)c1csc2c1CCC(C)C2. The molecule has 3 rings (SSSR count). The van der Waals surface area contributed by atoms with Gasteiger partial charge < -0.3 is 10.1 Å². The van der Waals surface area contributed by atoms with Gasteiger partial charge in [0.15, 0.2) is 0 Å². The van der Waals surface area contributed by atoms with Gasteiger partial charge in [-0.25, -0.2) is 0 Å². The number of carbonyl (C=O) groups is 1. The fraction of sp³-hybridized carbons (Fsp3) is 0.421. The zero-order valence-corrected chi connectivity index (χ0v) is 14.5. The minimum atomic E-state index is 0.0620. The number of hydrogen-bond donors (Lipinski definition) is 1. The molecular weight excluding hydrogens is 306 g/mol. The van der Waals surface area contributed by atoms with Gasteiger partial charge >= 0.3 is 0 Å². The summed E-state index contributed by atoms with van der Waals surface area (Å²) in [6, 6.07) is 7.95. The van der Waals surface area contributed by atoms with Crippen molar-refractivity contribution >= 4 is 17.2 Å². The zero-order valence-electron chi connectivity index (χ0n) is 13.7. The molecule has 0 radical (unpaired) electrons. The molecule has 0 saturated heterocycles. The highest BCUT2D eigenvalue weighted by Crippen LogP contribution is 2.32. The molecular formula is C19H23NO2S. The van der Waals surface area contributed by atoms with Gasteiger partial charge in [0, 0.05) is 16.8 Å². The van der Waals surface area contributed by atoms with E-state index in [1.54, 1.807) is 18.4 Å². The van der Waals surface area contributed by atoms with Crippen LogP contribution >= 0.6 is 11.3 Å². The Labute approximate surface area is 141 Å². The number of fused-ring (bicyclic) bond motifs is 1. The number of methoxy groups -OCH3 is 1. The molecule has 1 unspecified atom stereocenters. The van der Waals surface area contributed by atoms with Crippen LogP contribution in [0.15, 0.2) is 29.6 Å². The second kappa shape index (κ2) is 7.18. The van der Waals surface area contributed by atoms with E-state index in [9.17, 15) is 4.79 Å². The number of hydrogen-bond acceptors (Lipinski definition) is 3. The van der Waals surface area contributed by atoms with Crippen molar-refractivity contribution in [1.29, 1.82) is 0 Å². The largest absolute Gasteiger partial charge is 0.496 e. The van der Waals surface area contributed by atoms with Gasteiger partial charge in [-0.3, -0.25) is 4.79 Å². The summed E-state index contributed by atoms with van der Waals surface area (Å²) in [7, 11) is 1.68. The van der Waals surface area contributed by atoms with Crippen LogP contribution < -0.4 is 10.1 Å². The molecule has 23 heavy (non-hydrogen) atoms. The fourth-order valence-corrected chi connectivity index (χ4v) is 4.43. The van der Waals surface area contributed by atoms with E-state index in [4.69, 9.17) is 4.74 Å². The molecule has 122 valence electrons. The van der Waals surface area contributed by atoms with Crippen LogP contribution in [0.5, 0.6) is 5.75 Å². The number of amides is 1. The molecule has 0 aliphatic heterocycles. The first-order chi connectivity index (χ1) is 11.2. The van der Waals surface area contributed by atoms with E-state index in [1.165, 1.54) is 16.9 Å². The lowest BCUT2D eigenvalue weighted by Gasteiger charge is -2.18. The van der Waals surface area contributed by atoms with Gasteiger partial charge in [-0.1, -0.05) is 25.1 Å². The predicted octanol–water partition coefficient (Wildman–Crippen LogP) is 3.85. The van der Waals surface area contributed by atoms with E-state index in [0.717, 1.165) is 42.1 Å². The summed E-state index contributed by atoms with van der Waals surface area (Å²) in [5.41, 5.74) is 3.29. The maximum atomic E-state index is 12.5. The van der Waals surface area contributed by atoms with E-state index in [0.29, 0.717) is 6.54 Å². The van der Waals surface area contributed by atoms with Crippen LogP contribution in [-0.2, 0) is 19.3 Å². The van der Waals surface area contributed by atoms with Crippen molar-refractivity contribution in [3.8, 4) is 5.75 Å². The summed E-state index contributed by atoms with van der Waals surface area (Å²) in [6.07, 6.45) is 4.12. The number of para-hydroxylation sites is 1. The number of rotatable bonds is 5. The van der Waals surface area contributed by atoms with E-state index in [2.05, 4.69) is 12.2 Å². The summed E-state index contributed by atoms with van der Waals surface area (Å²) < 4.78 is 5.35. The monoisotopic (exact) mass is 329 g/mol. The van der Waals surface area contributed by atoms with E-state index in [1.807, 2.05) is 29.6 Å². The molecule has 2 aromatic rings. The van der Waals surface area contributed by atoms with Crippen LogP contribution in [0, 0.1) is 5.92 Å². The quantitative estimate of drug-likeness (QED) is 0.905. The van der Waals surface area contributed by atoms with E-state index < -0.39 is 0 Å². The molecule has 0 spiro atoms. The van der Waals surface area contributed by atoms with Crippen molar-refractivity contribution in [3.63, 3.8) is 0 Å². The van der Waals surface area contributed by atoms with Crippen LogP contribution in [0.3, 0.4) is 0 Å². The number of thiophene rings is 1. The Hall–Kier alpha value is -1.81. The lowest BCUT2D eigenvalue weighted by Crippen LogP contribution is -2.27. The first-order valence-electron chi connectivity index (χ1n) is 8.18. The molecule has 1 aliphatic carbocycles. The third-order valence-corrected chi connectivity index (χ3v) is 5.57. The van der Waals surface area contributed by atoms with Crippen LogP contribution in [-0.4, -0.2) is 19.6 Å². The average Bonchev–Trinajstić information content (AvgIpc) is 2.98. The van der Waals surface area contributed by atoms with Gasteiger partial charge in [0.05, 0.1) is 12.7 Å². The summed E-state index contributed by atoms with van der Waals surface area (Å²) in [6.45, 7) is 2.91. The molecule has 0 fully saturated rings. The number of nitrogens with one attached hydrogen (secondary N) is 1. The third kappa shape index (κ3) is 3.58. The zero-order chi connectivity index (χ0) is 16.2. The highest BCUT2D eigenvalue weighted by Gasteiger charge is 2.22. The molecule has 1 amide bonds. The molecule has 0 saturated carbocycles. The van der Waals surface area contributed by atoms with Crippen molar-refractivity contribution in [2.45, 2.75) is 32.6 Å². The molecule has 1 N–H and O–H groups in total. The molecule has 3 nitrogen and oxygen atoms in total. The van der Waals surface area contributed by atoms with Crippen LogP contribution in [0.4, 0.5) is 0 Å². The van der Waals surface area contributed by atoms with Crippen LogP contribution in [0.1, 0.15) is 39.7 Å². The van der Waals surface area contributed by atoms with Gasteiger partial charge in [0.2, 0.25) is 0 Å². The molecule has 1 aromatic heterocycles. The molecule has 1 aromatic carbocycles. The van der Waals surface area contributed by atoms with E-state index >= 15 is 0 Å². The lowest BCUT2D eigenvalue weighted by atomic mass is 9.88. The maximum Gasteiger partial charge on any atom is 0.252 e. The summed E-state index contributed by atoms with van der Waals surface area (Å²) in [5.74, 6) is 1.68. The number of carbonyl (C=O) groups excluding carboxylic acids is 1.